The minimum atomic E-state index is -0.617. The van der Waals surface area contributed by atoms with Gasteiger partial charge < -0.3 is 10.1 Å². The summed E-state index contributed by atoms with van der Waals surface area (Å²) >= 11 is 0. The van der Waals surface area contributed by atoms with Crippen molar-refractivity contribution >= 4 is 16.9 Å². The second kappa shape index (κ2) is 4.16. The quantitative estimate of drug-likeness (QED) is 0.865. The minimum Gasteiger partial charge on any atom is -0.481 e. The van der Waals surface area contributed by atoms with Crippen molar-refractivity contribution < 1.29 is 9.90 Å². The van der Waals surface area contributed by atoms with E-state index in [9.17, 15) is 9.90 Å². The van der Waals surface area contributed by atoms with Gasteiger partial charge in [-0.15, -0.1) is 0 Å². The number of nitrogens with one attached hydrogen (secondary N) is 1. The van der Waals surface area contributed by atoms with Crippen molar-refractivity contribution in [3.8, 4) is 0 Å². The molecule has 1 saturated carbocycles. The van der Waals surface area contributed by atoms with Crippen LogP contribution in [-0.2, 0) is 11.2 Å². The fraction of sp³-hybridized carbons (Fsp3) is 0.400. The van der Waals surface area contributed by atoms with Gasteiger partial charge in [0.15, 0.2) is 0 Å². The van der Waals surface area contributed by atoms with Gasteiger partial charge in [-0.2, -0.15) is 0 Å². The molecule has 2 N–H and O–H groups in total. The van der Waals surface area contributed by atoms with Crippen LogP contribution in [0.15, 0.2) is 30.5 Å². The van der Waals surface area contributed by atoms with Gasteiger partial charge in [-0.3, -0.25) is 4.79 Å². The molecule has 1 aliphatic rings. The summed E-state index contributed by atoms with van der Waals surface area (Å²) in [5, 5.41) is 10.5. The summed E-state index contributed by atoms with van der Waals surface area (Å²) in [5.41, 5.74) is 1.92. The second-order valence-electron chi connectivity index (χ2n) is 5.30. The first-order chi connectivity index (χ1) is 8.71. The number of aromatic nitrogens is 1. The van der Waals surface area contributed by atoms with Crippen molar-refractivity contribution in [2.45, 2.75) is 32.1 Å². The van der Waals surface area contributed by atoms with Gasteiger partial charge in [0.2, 0.25) is 0 Å². The molecule has 0 spiro atoms. The number of aryl methyl sites for hydroxylation is 1. The van der Waals surface area contributed by atoms with Gasteiger partial charge in [0.1, 0.15) is 0 Å². The Kier molecular flexibility index (Phi) is 2.62. The maximum Gasteiger partial charge on any atom is 0.309 e. The van der Waals surface area contributed by atoms with E-state index in [0.717, 1.165) is 37.6 Å². The van der Waals surface area contributed by atoms with Crippen LogP contribution in [0, 0.1) is 5.41 Å². The van der Waals surface area contributed by atoms with E-state index in [2.05, 4.69) is 17.1 Å². The summed E-state index contributed by atoms with van der Waals surface area (Å²) < 4.78 is 0. The SMILES string of the molecule is O=C(O)C1(CCc2c[nH]c3ccccc23)CCC1. The van der Waals surface area contributed by atoms with Gasteiger partial charge in [0.05, 0.1) is 5.41 Å². The Morgan fingerprint density at radius 2 is 2.11 bits per heavy atom. The highest BCUT2D eigenvalue weighted by Gasteiger charge is 2.43. The highest BCUT2D eigenvalue weighted by Crippen LogP contribution is 2.45. The topological polar surface area (TPSA) is 53.1 Å². The summed E-state index contributed by atoms with van der Waals surface area (Å²) in [4.78, 5) is 14.6. The van der Waals surface area contributed by atoms with E-state index in [4.69, 9.17) is 0 Å². The van der Waals surface area contributed by atoms with Crippen LogP contribution < -0.4 is 0 Å². The van der Waals surface area contributed by atoms with Gasteiger partial charge in [-0.1, -0.05) is 24.6 Å². The van der Waals surface area contributed by atoms with Crippen molar-refractivity contribution in [1.29, 1.82) is 0 Å². The third kappa shape index (κ3) is 1.70. The molecule has 1 heterocycles. The zero-order chi connectivity index (χ0) is 12.6. The second-order valence-corrected chi connectivity index (χ2v) is 5.30. The smallest absolute Gasteiger partial charge is 0.309 e. The molecule has 0 unspecified atom stereocenters. The lowest BCUT2D eigenvalue weighted by atomic mass is 9.66. The Hall–Kier alpha value is -1.77. The van der Waals surface area contributed by atoms with Crippen LogP contribution in [0.4, 0.5) is 0 Å². The Bertz CT molecular complexity index is 581. The Morgan fingerprint density at radius 3 is 2.78 bits per heavy atom. The summed E-state index contributed by atoms with van der Waals surface area (Å²) in [7, 11) is 0. The summed E-state index contributed by atoms with van der Waals surface area (Å²) in [6.07, 6.45) is 6.34. The highest BCUT2D eigenvalue weighted by molar-refractivity contribution is 5.83. The molecule has 0 atom stereocenters. The van der Waals surface area contributed by atoms with Crippen LogP contribution in [0.5, 0.6) is 0 Å². The van der Waals surface area contributed by atoms with Gasteiger partial charge >= 0.3 is 5.97 Å². The number of H-pyrrole nitrogens is 1. The number of rotatable bonds is 4. The average molecular weight is 243 g/mol. The van der Waals surface area contributed by atoms with Gasteiger partial charge in [0, 0.05) is 17.1 Å². The molecule has 2 aromatic rings. The first-order valence-electron chi connectivity index (χ1n) is 6.50. The van der Waals surface area contributed by atoms with Crippen LogP contribution in [0.25, 0.3) is 10.9 Å². The number of para-hydroxylation sites is 1. The van der Waals surface area contributed by atoms with Crippen molar-refractivity contribution in [2.24, 2.45) is 5.41 Å². The van der Waals surface area contributed by atoms with E-state index in [-0.39, 0.29) is 0 Å². The van der Waals surface area contributed by atoms with Crippen LogP contribution in [-0.4, -0.2) is 16.1 Å². The summed E-state index contributed by atoms with van der Waals surface area (Å²) in [6, 6.07) is 8.17. The molecular formula is C15H17NO2. The Morgan fingerprint density at radius 1 is 1.33 bits per heavy atom. The van der Waals surface area contributed by atoms with E-state index >= 15 is 0 Å². The average Bonchev–Trinajstić information content (AvgIpc) is 2.71. The first-order valence-corrected chi connectivity index (χ1v) is 6.50. The van der Waals surface area contributed by atoms with E-state index in [1.54, 1.807) is 0 Å². The number of hydrogen-bond donors (Lipinski definition) is 2. The van der Waals surface area contributed by atoms with Crippen LogP contribution in [0.1, 0.15) is 31.2 Å². The van der Waals surface area contributed by atoms with Crippen LogP contribution in [0.2, 0.25) is 0 Å². The number of carboxylic acids is 1. The van der Waals surface area contributed by atoms with Crippen molar-refractivity contribution in [3.63, 3.8) is 0 Å². The normalized spacial score (nSPS) is 17.6. The number of aliphatic carboxylic acids is 1. The molecule has 3 nitrogen and oxygen atoms in total. The van der Waals surface area contributed by atoms with Gasteiger partial charge in [0.25, 0.3) is 0 Å². The summed E-state index contributed by atoms with van der Waals surface area (Å²) in [6.45, 7) is 0. The predicted molar refractivity (Wildman–Crippen MR) is 70.5 cm³/mol. The molecule has 0 aliphatic heterocycles. The van der Waals surface area contributed by atoms with E-state index in [1.807, 2.05) is 18.3 Å². The molecular weight excluding hydrogens is 226 g/mol. The fourth-order valence-corrected chi connectivity index (χ4v) is 2.89. The van der Waals surface area contributed by atoms with Crippen LogP contribution in [0.3, 0.4) is 0 Å². The van der Waals surface area contributed by atoms with Crippen LogP contribution >= 0.6 is 0 Å². The molecule has 94 valence electrons. The summed E-state index contributed by atoms with van der Waals surface area (Å²) in [5.74, 6) is -0.617. The fourth-order valence-electron chi connectivity index (χ4n) is 2.89. The zero-order valence-corrected chi connectivity index (χ0v) is 10.3. The van der Waals surface area contributed by atoms with E-state index in [0.29, 0.717) is 0 Å². The predicted octanol–water partition coefficient (Wildman–Crippen LogP) is 3.36. The lowest BCUT2D eigenvalue weighted by Crippen LogP contribution is -2.38. The van der Waals surface area contributed by atoms with Gasteiger partial charge in [-0.25, -0.2) is 0 Å². The van der Waals surface area contributed by atoms with E-state index in [1.165, 1.54) is 10.9 Å². The van der Waals surface area contributed by atoms with Gasteiger partial charge in [-0.05, 0) is 37.3 Å². The monoisotopic (exact) mass is 243 g/mol. The lowest BCUT2D eigenvalue weighted by Gasteiger charge is -2.37. The number of benzene rings is 1. The number of aromatic amines is 1. The molecule has 1 fully saturated rings. The molecule has 1 aromatic carbocycles. The maximum absolute atomic E-state index is 11.3. The number of hydrogen-bond acceptors (Lipinski definition) is 1. The molecule has 18 heavy (non-hydrogen) atoms. The molecule has 0 bridgehead atoms. The standard InChI is InChI=1S/C15H17NO2/c17-14(18)15(7-3-8-15)9-6-11-10-16-13-5-2-1-4-12(11)13/h1-2,4-5,10,16H,3,6-9H2,(H,17,18). The first kappa shape index (κ1) is 11.3. The minimum absolute atomic E-state index is 0.446. The molecule has 1 aromatic heterocycles. The Labute approximate surface area is 106 Å². The lowest BCUT2D eigenvalue weighted by molar-refractivity contribution is -0.155. The van der Waals surface area contributed by atoms with Crippen molar-refractivity contribution in [2.75, 3.05) is 0 Å². The van der Waals surface area contributed by atoms with Crippen molar-refractivity contribution in [1.82, 2.24) is 4.98 Å². The molecule has 3 heteroatoms. The van der Waals surface area contributed by atoms with E-state index < -0.39 is 11.4 Å². The number of fused-ring (bicyclic) bond motifs is 1. The molecule has 0 amide bonds. The molecule has 0 radical (unpaired) electrons. The third-order valence-corrected chi connectivity index (χ3v) is 4.31. The maximum atomic E-state index is 11.3. The van der Waals surface area contributed by atoms with Crippen molar-refractivity contribution in [3.05, 3.63) is 36.0 Å². The number of carbonyl (C=O) groups is 1. The largest absolute Gasteiger partial charge is 0.481 e. The highest BCUT2D eigenvalue weighted by atomic mass is 16.4. The molecule has 1 aliphatic carbocycles. The molecule has 0 saturated heterocycles. The third-order valence-electron chi connectivity index (χ3n) is 4.31. The number of carboxylic acid groups (broad SMARTS) is 1. The zero-order valence-electron chi connectivity index (χ0n) is 10.3. The Balaban J connectivity index is 1.79. The molecule has 3 rings (SSSR count).